The summed E-state index contributed by atoms with van der Waals surface area (Å²) in [7, 11) is 0. The molecule has 7 heteroatoms. The van der Waals surface area contributed by atoms with Crippen molar-refractivity contribution in [1.82, 2.24) is 14.5 Å². The van der Waals surface area contributed by atoms with Crippen LogP contribution in [0.15, 0.2) is 53.5 Å². The van der Waals surface area contributed by atoms with Crippen LogP contribution in [0.1, 0.15) is 38.1 Å². The molecule has 1 saturated carbocycles. The second kappa shape index (κ2) is 10.1. The van der Waals surface area contributed by atoms with Crippen molar-refractivity contribution in [2.45, 2.75) is 43.3 Å². The van der Waals surface area contributed by atoms with Crippen LogP contribution < -0.4 is 5.56 Å². The van der Waals surface area contributed by atoms with E-state index in [1.807, 2.05) is 0 Å². The van der Waals surface area contributed by atoms with Crippen LogP contribution in [0.2, 0.25) is 5.02 Å². The van der Waals surface area contributed by atoms with Crippen molar-refractivity contribution in [3.63, 3.8) is 0 Å². The number of carbonyl (C=O) groups excluding carboxylic acids is 1. The van der Waals surface area contributed by atoms with Gasteiger partial charge in [0.2, 0.25) is 5.91 Å². The molecule has 0 spiro atoms. The number of nitrogens with zero attached hydrogens (tertiary/aromatic N) is 3. The van der Waals surface area contributed by atoms with E-state index in [2.05, 4.69) is 13.2 Å². The molecule has 0 atom stereocenters. The second-order valence-electron chi connectivity index (χ2n) is 7.19. The van der Waals surface area contributed by atoms with E-state index in [9.17, 15) is 9.59 Å². The maximum absolute atomic E-state index is 13.3. The summed E-state index contributed by atoms with van der Waals surface area (Å²) in [6.45, 7) is 8.33. The predicted molar refractivity (Wildman–Crippen MR) is 121 cm³/mol. The Balaban J connectivity index is 1.95. The number of amides is 1. The van der Waals surface area contributed by atoms with Gasteiger partial charge in [-0.1, -0.05) is 54.8 Å². The fraction of sp³-hybridized carbons (Fsp3) is 0.409. The first-order valence-corrected chi connectivity index (χ1v) is 11.3. The van der Waals surface area contributed by atoms with Gasteiger partial charge in [-0.3, -0.25) is 14.2 Å². The number of thioether (sulfide) groups is 1. The van der Waals surface area contributed by atoms with E-state index >= 15 is 0 Å². The van der Waals surface area contributed by atoms with Gasteiger partial charge in [0.1, 0.15) is 0 Å². The normalized spacial score (nSPS) is 14.7. The van der Waals surface area contributed by atoms with Crippen molar-refractivity contribution in [2.75, 3.05) is 18.8 Å². The lowest BCUT2D eigenvalue weighted by Gasteiger charge is -2.26. The molecular weight excluding hydrogens is 406 g/mol. The molecule has 0 radical (unpaired) electrons. The Morgan fingerprint density at radius 3 is 2.59 bits per heavy atom. The minimum Gasteiger partial charge on any atom is -0.335 e. The van der Waals surface area contributed by atoms with Crippen molar-refractivity contribution in [3.8, 4) is 0 Å². The average Bonchev–Trinajstić information content (AvgIpc) is 2.72. The van der Waals surface area contributed by atoms with Gasteiger partial charge in [0, 0.05) is 24.2 Å². The van der Waals surface area contributed by atoms with E-state index in [1.54, 1.807) is 39.8 Å². The van der Waals surface area contributed by atoms with Crippen LogP contribution in [-0.2, 0) is 4.79 Å². The maximum atomic E-state index is 13.3. The van der Waals surface area contributed by atoms with Crippen LogP contribution in [0, 0.1) is 0 Å². The third kappa shape index (κ3) is 5.11. The molecule has 1 aliphatic carbocycles. The highest BCUT2D eigenvalue weighted by Crippen LogP contribution is 2.31. The Kier molecular flexibility index (Phi) is 7.56. The maximum Gasteiger partial charge on any atom is 0.262 e. The summed E-state index contributed by atoms with van der Waals surface area (Å²) in [6, 6.07) is 5.29. The number of hydrogen-bond acceptors (Lipinski definition) is 4. The molecule has 1 aromatic carbocycles. The fourth-order valence-electron chi connectivity index (χ4n) is 3.72. The largest absolute Gasteiger partial charge is 0.335 e. The van der Waals surface area contributed by atoms with Gasteiger partial charge in [-0.15, -0.1) is 13.2 Å². The molecule has 5 nitrogen and oxygen atoms in total. The topological polar surface area (TPSA) is 55.2 Å². The van der Waals surface area contributed by atoms with Crippen molar-refractivity contribution in [3.05, 3.63) is 58.9 Å². The lowest BCUT2D eigenvalue weighted by Crippen LogP contribution is -2.33. The number of rotatable bonds is 8. The first-order chi connectivity index (χ1) is 14.0. The fourth-order valence-corrected chi connectivity index (χ4v) is 4.86. The zero-order chi connectivity index (χ0) is 20.8. The van der Waals surface area contributed by atoms with E-state index in [0.29, 0.717) is 34.2 Å². The third-order valence-electron chi connectivity index (χ3n) is 5.15. The van der Waals surface area contributed by atoms with Gasteiger partial charge in [-0.25, -0.2) is 4.98 Å². The van der Waals surface area contributed by atoms with Gasteiger partial charge in [0.25, 0.3) is 5.56 Å². The highest BCUT2D eigenvalue weighted by Gasteiger charge is 2.23. The molecule has 0 unspecified atom stereocenters. The molecule has 29 heavy (non-hydrogen) atoms. The lowest BCUT2D eigenvalue weighted by molar-refractivity contribution is -0.127. The Morgan fingerprint density at radius 2 is 1.93 bits per heavy atom. The van der Waals surface area contributed by atoms with Crippen LogP contribution in [0.3, 0.4) is 0 Å². The molecule has 0 saturated heterocycles. The first kappa shape index (κ1) is 21.7. The molecule has 1 aliphatic rings. The Morgan fingerprint density at radius 1 is 1.24 bits per heavy atom. The van der Waals surface area contributed by atoms with Crippen LogP contribution in [-0.4, -0.2) is 39.2 Å². The minimum absolute atomic E-state index is 0.0366. The van der Waals surface area contributed by atoms with Gasteiger partial charge < -0.3 is 4.90 Å². The van der Waals surface area contributed by atoms with Crippen molar-refractivity contribution in [1.29, 1.82) is 0 Å². The molecule has 1 fully saturated rings. The van der Waals surface area contributed by atoms with Crippen LogP contribution in [0.4, 0.5) is 0 Å². The van der Waals surface area contributed by atoms with E-state index < -0.39 is 0 Å². The van der Waals surface area contributed by atoms with Gasteiger partial charge >= 0.3 is 0 Å². The van der Waals surface area contributed by atoms with Gasteiger partial charge in [0.05, 0.1) is 16.7 Å². The number of hydrogen-bond donors (Lipinski definition) is 0. The Bertz CT molecular complexity index is 956. The Hall–Kier alpha value is -2.05. The molecule has 1 aromatic heterocycles. The smallest absolute Gasteiger partial charge is 0.262 e. The van der Waals surface area contributed by atoms with E-state index in [1.165, 1.54) is 18.2 Å². The number of halogens is 1. The average molecular weight is 432 g/mol. The minimum atomic E-state index is -0.0532. The van der Waals surface area contributed by atoms with E-state index in [0.717, 1.165) is 25.7 Å². The molecule has 1 amide bonds. The summed E-state index contributed by atoms with van der Waals surface area (Å²) in [6.07, 6.45) is 8.71. The summed E-state index contributed by atoms with van der Waals surface area (Å²) in [4.78, 5) is 32.3. The number of carbonyl (C=O) groups is 1. The lowest BCUT2D eigenvalue weighted by atomic mass is 9.95. The number of benzene rings is 1. The predicted octanol–water partition coefficient (Wildman–Crippen LogP) is 4.85. The third-order valence-corrected chi connectivity index (χ3v) is 6.32. The van der Waals surface area contributed by atoms with Crippen LogP contribution >= 0.6 is 23.4 Å². The van der Waals surface area contributed by atoms with E-state index in [4.69, 9.17) is 16.6 Å². The zero-order valence-electron chi connectivity index (χ0n) is 16.5. The quantitative estimate of drug-likeness (QED) is 0.340. The molecule has 1 heterocycles. The van der Waals surface area contributed by atoms with Gasteiger partial charge in [0.15, 0.2) is 5.16 Å². The number of aromatic nitrogens is 2. The highest BCUT2D eigenvalue weighted by atomic mass is 35.5. The molecule has 0 aliphatic heterocycles. The molecule has 2 aromatic rings. The standard InChI is InChI=1S/C22H26ClN3O2S/c1-3-12-25(13-4-2)20(27)15-29-22-24-19-14-16(23)10-11-18(19)21(28)26(22)17-8-6-5-7-9-17/h3-4,10-11,14,17H,1-2,5-9,12-13,15H2. The van der Waals surface area contributed by atoms with Crippen LogP contribution in [0.25, 0.3) is 10.9 Å². The van der Waals surface area contributed by atoms with Gasteiger partial charge in [-0.2, -0.15) is 0 Å². The molecule has 0 N–H and O–H groups in total. The summed E-state index contributed by atoms with van der Waals surface area (Å²) >= 11 is 7.43. The highest BCUT2D eigenvalue weighted by molar-refractivity contribution is 7.99. The Labute approximate surface area is 180 Å². The molecule has 3 rings (SSSR count). The summed E-state index contributed by atoms with van der Waals surface area (Å²) in [5.41, 5.74) is 0.515. The summed E-state index contributed by atoms with van der Waals surface area (Å²) < 4.78 is 1.80. The summed E-state index contributed by atoms with van der Waals surface area (Å²) in [5, 5.41) is 1.69. The SMILES string of the molecule is C=CCN(CC=C)C(=O)CSc1nc2cc(Cl)ccc2c(=O)n1C1CCCCC1. The molecule has 154 valence electrons. The van der Waals surface area contributed by atoms with Crippen molar-refractivity contribution < 1.29 is 4.79 Å². The summed E-state index contributed by atoms with van der Waals surface area (Å²) in [5.74, 6) is 0.165. The number of fused-ring (bicyclic) bond motifs is 1. The van der Waals surface area contributed by atoms with Crippen LogP contribution in [0.5, 0.6) is 0 Å². The monoisotopic (exact) mass is 431 g/mol. The van der Waals surface area contributed by atoms with E-state index in [-0.39, 0.29) is 23.3 Å². The van der Waals surface area contributed by atoms with Crippen molar-refractivity contribution in [2.24, 2.45) is 0 Å². The first-order valence-electron chi connectivity index (χ1n) is 9.89. The second-order valence-corrected chi connectivity index (χ2v) is 8.57. The molecular formula is C22H26ClN3O2S. The molecule has 0 bridgehead atoms. The zero-order valence-corrected chi connectivity index (χ0v) is 18.1. The van der Waals surface area contributed by atoms with Gasteiger partial charge in [-0.05, 0) is 31.0 Å². The van der Waals surface area contributed by atoms with Crippen molar-refractivity contribution >= 4 is 40.2 Å².